The Morgan fingerprint density at radius 3 is 2.69 bits per heavy atom. The van der Waals surface area contributed by atoms with Gasteiger partial charge in [0.15, 0.2) is 5.82 Å². The number of hydrogen-bond acceptors (Lipinski definition) is 5. The van der Waals surface area contributed by atoms with E-state index >= 15 is 0 Å². The third-order valence-electron chi connectivity index (χ3n) is 2.41. The maximum atomic E-state index is 8.78. The molecule has 2 heterocycles. The van der Waals surface area contributed by atoms with Crippen LogP contribution in [0.3, 0.4) is 0 Å². The lowest BCUT2D eigenvalue weighted by molar-refractivity contribution is 0.715. The van der Waals surface area contributed by atoms with Crippen molar-refractivity contribution in [2.75, 3.05) is 5.73 Å². The molecule has 0 unspecified atom stereocenters. The number of nitrogens with two attached hydrogens (primary N) is 1. The van der Waals surface area contributed by atoms with Gasteiger partial charge in [0.05, 0.1) is 16.8 Å². The molecule has 2 aromatic heterocycles. The molecular formula is C9H10N6S. The Hall–Kier alpha value is -1.94. The molecule has 7 heteroatoms. The first-order chi connectivity index (χ1) is 7.56. The summed E-state index contributed by atoms with van der Waals surface area (Å²) in [7, 11) is 1.81. The zero-order valence-corrected chi connectivity index (χ0v) is 9.73. The Bertz CT molecular complexity index is 588. The highest BCUT2D eigenvalue weighted by atomic mass is 32.1. The molecule has 0 aliphatic rings. The van der Waals surface area contributed by atoms with Crippen LogP contribution >= 0.6 is 12.6 Å². The van der Waals surface area contributed by atoms with E-state index in [0.717, 1.165) is 5.69 Å². The average molecular weight is 234 g/mol. The Morgan fingerprint density at radius 1 is 1.56 bits per heavy atom. The van der Waals surface area contributed by atoms with E-state index in [0.29, 0.717) is 16.3 Å². The van der Waals surface area contributed by atoms with Gasteiger partial charge in [-0.2, -0.15) is 20.1 Å². The Labute approximate surface area is 97.7 Å². The molecule has 0 aliphatic heterocycles. The van der Waals surface area contributed by atoms with Crippen LogP contribution in [0.5, 0.6) is 0 Å². The topological polar surface area (TPSA) is 85.4 Å². The van der Waals surface area contributed by atoms with E-state index in [1.165, 1.54) is 10.9 Å². The smallest absolute Gasteiger partial charge is 0.190 e. The second-order valence-electron chi connectivity index (χ2n) is 3.35. The quantitative estimate of drug-likeness (QED) is 0.710. The standard InChI is InChI=1S/C9H10N6S/c1-5-7(16)9(13-14(5)2)15-8(11)6(3-10)4-12-15/h4,16H,11H2,1-2H3. The number of aryl methyl sites for hydroxylation is 1. The van der Waals surface area contributed by atoms with Gasteiger partial charge in [-0.25, -0.2) is 0 Å². The van der Waals surface area contributed by atoms with Gasteiger partial charge in [0, 0.05) is 7.05 Å². The highest BCUT2D eigenvalue weighted by molar-refractivity contribution is 7.80. The van der Waals surface area contributed by atoms with E-state index in [1.807, 2.05) is 20.0 Å². The summed E-state index contributed by atoms with van der Waals surface area (Å²) in [6, 6.07) is 1.96. The minimum atomic E-state index is 0.274. The first-order valence-electron chi connectivity index (χ1n) is 4.52. The molecule has 0 atom stereocenters. The number of rotatable bonds is 1. The number of hydrogen-bond donors (Lipinski definition) is 2. The molecule has 0 spiro atoms. The van der Waals surface area contributed by atoms with Crippen molar-refractivity contribution in [3.63, 3.8) is 0 Å². The van der Waals surface area contributed by atoms with Crippen LogP contribution in [-0.2, 0) is 7.05 Å². The van der Waals surface area contributed by atoms with Gasteiger partial charge in [-0.05, 0) is 6.92 Å². The summed E-state index contributed by atoms with van der Waals surface area (Å²) in [6.07, 6.45) is 1.41. The zero-order chi connectivity index (χ0) is 11.9. The van der Waals surface area contributed by atoms with Crippen LogP contribution in [0.25, 0.3) is 5.82 Å². The number of aromatic nitrogens is 4. The maximum absolute atomic E-state index is 8.78. The number of nitriles is 1. The summed E-state index contributed by atoms with van der Waals surface area (Å²) in [6.45, 7) is 1.89. The van der Waals surface area contributed by atoms with Crippen LogP contribution in [0, 0.1) is 18.3 Å². The second kappa shape index (κ2) is 3.57. The minimum absolute atomic E-state index is 0.274. The highest BCUT2D eigenvalue weighted by Crippen LogP contribution is 2.23. The molecule has 0 aromatic carbocycles. The molecule has 0 saturated carbocycles. The van der Waals surface area contributed by atoms with E-state index in [4.69, 9.17) is 11.0 Å². The van der Waals surface area contributed by atoms with Crippen molar-refractivity contribution in [1.29, 1.82) is 5.26 Å². The molecular weight excluding hydrogens is 224 g/mol. The molecule has 0 radical (unpaired) electrons. The van der Waals surface area contributed by atoms with Gasteiger partial charge >= 0.3 is 0 Å². The van der Waals surface area contributed by atoms with Crippen LogP contribution < -0.4 is 5.73 Å². The molecule has 0 aliphatic carbocycles. The highest BCUT2D eigenvalue weighted by Gasteiger charge is 2.16. The normalized spacial score (nSPS) is 10.4. The van der Waals surface area contributed by atoms with Crippen molar-refractivity contribution in [2.24, 2.45) is 7.05 Å². The monoisotopic (exact) mass is 234 g/mol. The van der Waals surface area contributed by atoms with Crippen molar-refractivity contribution in [3.05, 3.63) is 17.5 Å². The molecule has 2 rings (SSSR count). The van der Waals surface area contributed by atoms with E-state index < -0.39 is 0 Å². The first-order valence-corrected chi connectivity index (χ1v) is 4.97. The van der Waals surface area contributed by atoms with Gasteiger partial charge in [0.25, 0.3) is 0 Å². The lowest BCUT2D eigenvalue weighted by Gasteiger charge is -1.99. The SMILES string of the molecule is Cc1c(S)c(-n2ncc(C#N)c2N)nn1C. The first kappa shape index (κ1) is 10.6. The van der Waals surface area contributed by atoms with Crippen LogP contribution in [0.15, 0.2) is 11.1 Å². The molecule has 2 aromatic rings. The minimum Gasteiger partial charge on any atom is -0.382 e. The average Bonchev–Trinajstić information content (AvgIpc) is 2.74. The van der Waals surface area contributed by atoms with Crippen molar-refractivity contribution >= 4 is 18.4 Å². The summed E-state index contributed by atoms with van der Waals surface area (Å²) in [5.74, 6) is 0.804. The van der Waals surface area contributed by atoms with Gasteiger partial charge in [-0.1, -0.05) is 0 Å². The number of anilines is 1. The maximum Gasteiger partial charge on any atom is 0.190 e. The van der Waals surface area contributed by atoms with Crippen molar-refractivity contribution in [3.8, 4) is 11.9 Å². The van der Waals surface area contributed by atoms with Gasteiger partial charge in [0.2, 0.25) is 0 Å². The van der Waals surface area contributed by atoms with Crippen LogP contribution in [0.2, 0.25) is 0 Å². The summed E-state index contributed by atoms with van der Waals surface area (Å²) >= 11 is 4.35. The Kier molecular flexibility index (Phi) is 2.36. The second-order valence-corrected chi connectivity index (χ2v) is 3.80. The largest absolute Gasteiger partial charge is 0.382 e. The van der Waals surface area contributed by atoms with Crippen LogP contribution in [0.4, 0.5) is 5.82 Å². The Morgan fingerprint density at radius 2 is 2.25 bits per heavy atom. The summed E-state index contributed by atoms with van der Waals surface area (Å²) in [5, 5.41) is 17.0. The third-order valence-corrected chi connectivity index (χ3v) is 2.94. The fourth-order valence-electron chi connectivity index (χ4n) is 1.34. The molecule has 0 fully saturated rings. The number of nitrogen functional groups attached to an aromatic ring is 1. The predicted molar refractivity (Wildman–Crippen MR) is 61.4 cm³/mol. The molecule has 0 bridgehead atoms. The fourth-order valence-corrected chi connectivity index (χ4v) is 1.62. The fraction of sp³-hybridized carbons (Fsp3) is 0.222. The molecule has 0 saturated heterocycles. The molecule has 16 heavy (non-hydrogen) atoms. The van der Waals surface area contributed by atoms with Crippen molar-refractivity contribution < 1.29 is 0 Å². The molecule has 82 valence electrons. The molecule has 6 nitrogen and oxygen atoms in total. The van der Waals surface area contributed by atoms with Crippen molar-refractivity contribution in [2.45, 2.75) is 11.8 Å². The van der Waals surface area contributed by atoms with Crippen LogP contribution in [0.1, 0.15) is 11.3 Å². The van der Waals surface area contributed by atoms with E-state index in [9.17, 15) is 0 Å². The van der Waals surface area contributed by atoms with Crippen molar-refractivity contribution in [1.82, 2.24) is 19.6 Å². The van der Waals surface area contributed by atoms with Gasteiger partial charge in [-0.15, -0.1) is 12.6 Å². The van der Waals surface area contributed by atoms with Gasteiger partial charge in [-0.3, -0.25) is 4.68 Å². The number of thiol groups is 1. The zero-order valence-electron chi connectivity index (χ0n) is 8.84. The van der Waals surface area contributed by atoms with Crippen LogP contribution in [-0.4, -0.2) is 19.6 Å². The predicted octanol–water partition coefficient (Wildman–Crippen LogP) is 0.657. The van der Waals surface area contributed by atoms with E-state index in [2.05, 4.69) is 22.8 Å². The molecule has 0 amide bonds. The van der Waals surface area contributed by atoms with E-state index in [1.54, 1.807) is 4.68 Å². The van der Waals surface area contributed by atoms with Gasteiger partial charge in [0.1, 0.15) is 17.5 Å². The summed E-state index contributed by atoms with van der Waals surface area (Å²) in [4.78, 5) is 0.696. The lowest BCUT2D eigenvalue weighted by atomic mass is 10.4. The third kappa shape index (κ3) is 1.35. The summed E-state index contributed by atoms with van der Waals surface area (Å²) < 4.78 is 3.10. The van der Waals surface area contributed by atoms with Gasteiger partial charge < -0.3 is 5.73 Å². The number of nitrogens with zero attached hydrogens (tertiary/aromatic N) is 5. The molecule has 2 N–H and O–H groups in total. The summed E-state index contributed by atoms with van der Waals surface area (Å²) in [5.41, 5.74) is 7.01. The Balaban J connectivity index is 2.64. The van der Waals surface area contributed by atoms with E-state index in [-0.39, 0.29) is 5.82 Å². The lowest BCUT2D eigenvalue weighted by Crippen LogP contribution is -2.04.